The lowest BCUT2D eigenvalue weighted by Crippen LogP contribution is -2.36. The van der Waals surface area contributed by atoms with Crippen LogP contribution in [0.2, 0.25) is 0 Å². The summed E-state index contributed by atoms with van der Waals surface area (Å²) >= 11 is 0. The Morgan fingerprint density at radius 3 is 1.38 bits per heavy atom. The fraction of sp³-hybridized carbons (Fsp3) is 1.00. The Morgan fingerprint density at radius 2 is 1.06 bits per heavy atom. The molecule has 0 aliphatic heterocycles. The molecule has 0 aromatic heterocycles. The van der Waals surface area contributed by atoms with Gasteiger partial charge in [-0.15, -0.1) is 0 Å². The summed E-state index contributed by atoms with van der Waals surface area (Å²) in [4.78, 5) is 0. The fourth-order valence-electron chi connectivity index (χ4n) is 1.02. The Kier molecular flexibility index (Phi) is 11.1. The Balaban J connectivity index is 3.93. The van der Waals surface area contributed by atoms with Crippen LogP contribution in [0.4, 0.5) is 0 Å². The van der Waals surface area contributed by atoms with Gasteiger partial charge in [0.05, 0.1) is 26.4 Å². The monoisotopic (exact) mass is 238 g/mol. The van der Waals surface area contributed by atoms with Gasteiger partial charge >= 0.3 is 0 Å². The second-order valence-corrected chi connectivity index (χ2v) is 2.94. The van der Waals surface area contributed by atoms with Crippen molar-refractivity contribution in [3.05, 3.63) is 0 Å². The molecule has 0 amide bonds. The van der Waals surface area contributed by atoms with Crippen LogP contribution in [0.3, 0.4) is 0 Å². The van der Waals surface area contributed by atoms with Crippen molar-refractivity contribution in [1.82, 2.24) is 0 Å². The average molecular weight is 238 g/mol. The summed E-state index contributed by atoms with van der Waals surface area (Å²) in [5, 5.41) is 0. The molecule has 0 heterocycles. The fourth-order valence-corrected chi connectivity index (χ4v) is 1.02. The van der Waals surface area contributed by atoms with Gasteiger partial charge in [-0.25, -0.2) is 0 Å². The molecule has 98 valence electrons. The molecule has 0 aromatic rings. The summed E-state index contributed by atoms with van der Waals surface area (Å²) in [6.45, 7) is 1.81. The first-order valence-electron chi connectivity index (χ1n) is 5.06. The second-order valence-electron chi connectivity index (χ2n) is 2.94. The van der Waals surface area contributed by atoms with Crippen LogP contribution in [0.25, 0.3) is 0 Å². The minimum absolute atomic E-state index is 0.414. The van der Waals surface area contributed by atoms with Gasteiger partial charge in [0.2, 0.25) is 12.6 Å². The molecule has 0 N–H and O–H groups in total. The smallest absolute Gasteiger partial charge is 0.209 e. The van der Waals surface area contributed by atoms with Crippen molar-refractivity contribution in [3.8, 4) is 0 Å². The third-order valence-corrected chi connectivity index (χ3v) is 1.83. The molecule has 6 heteroatoms. The van der Waals surface area contributed by atoms with Crippen molar-refractivity contribution in [3.63, 3.8) is 0 Å². The Bertz CT molecular complexity index is 129. The van der Waals surface area contributed by atoms with E-state index in [0.29, 0.717) is 26.4 Å². The zero-order valence-corrected chi connectivity index (χ0v) is 10.4. The van der Waals surface area contributed by atoms with Crippen molar-refractivity contribution in [2.45, 2.75) is 12.6 Å². The highest BCUT2D eigenvalue weighted by atomic mass is 16.8. The van der Waals surface area contributed by atoms with Gasteiger partial charge in [0.25, 0.3) is 0 Å². The first kappa shape index (κ1) is 15.8. The highest BCUT2D eigenvalue weighted by Crippen LogP contribution is 2.06. The molecule has 0 spiro atoms. The topological polar surface area (TPSA) is 55.4 Å². The molecule has 0 aliphatic rings. The van der Waals surface area contributed by atoms with E-state index in [-0.39, 0.29) is 0 Å². The normalized spacial score (nSPS) is 11.6. The maximum atomic E-state index is 5.42. The van der Waals surface area contributed by atoms with Gasteiger partial charge in [0, 0.05) is 28.4 Å². The third kappa shape index (κ3) is 7.10. The molecule has 0 aliphatic carbocycles. The second kappa shape index (κ2) is 11.3. The molecule has 0 atom stereocenters. The summed E-state index contributed by atoms with van der Waals surface area (Å²) in [5.41, 5.74) is 0. The lowest BCUT2D eigenvalue weighted by molar-refractivity contribution is -0.274. The molecular formula is C10H22O6. The van der Waals surface area contributed by atoms with Gasteiger partial charge in [-0.1, -0.05) is 0 Å². The average Bonchev–Trinajstić information content (AvgIpc) is 2.30. The molecule has 0 unspecified atom stereocenters. The maximum absolute atomic E-state index is 5.42. The number of rotatable bonds is 11. The van der Waals surface area contributed by atoms with Crippen LogP contribution in [0.1, 0.15) is 0 Å². The predicted octanol–water partition coefficient (Wildman–Crippen LogP) is 0.257. The summed E-state index contributed by atoms with van der Waals surface area (Å²) in [6.07, 6.45) is -1.14. The number of ether oxygens (including phenoxy) is 6. The van der Waals surface area contributed by atoms with Crippen LogP contribution < -0.4 is 0 Å². The molecule has 0 bridgehead atoms. The Hall–Kier alpha value is -0.240. The van der Waals surface area contributed by atoms with Gasteiger partial charge < -0.3 is 28.4 Å². The van der Waals surface area contributed by atoms with Crippen molar-refractivity contribution >= 4 is 0 Å². The van der Waals surface area contributed by atoms with Gasteiger partial charge in [0.15, 0.2) is 0 Å². The van der Waals surface area contributed by atoms with Crippen LogP contribution in [0.5, 0.6) is 0 Å². The zero-order chi connectivity index (χ0) is 12.2. The Labute approximate surface area is 96.7 Å². The largest absolute Gasteiger partial charge is 0.382 e. The van der Waals surface area contributed by atoms with E-state index in [4.69, 9.17) is 28.4 Å². The van der Waals surface area contributed by atoms with E-state index in [0.717, 1.165) is 0 Å². The molecule has 6 nitrogen and oxygen atoms in total. The number of methoxy groups -OCH3 is 4. The van der Waals surface area contributed by atoms with Gasteiger partial charge in [-0.2, -0.15) is 0 Å². The molecule has 16 heavy (non-hydrogen) atoms. The van der Waals surface area contributed by atoms with Crippen LogP contribution in [0.15, 0.2) is 0 Å². The minimum Gasteiger partial charge on any atom is -0.382 e. The van der Waals surface area contributed by atoms with E-state index >= 15 is 0 Å². The van der Waals surface area contributed by atoms with E-state index in [9.17, 15) is 0 Å². The van der Waals surface area contributed by atoms with E-state index < -0.39 is 12.6 Å². The van der Waals surface area contributed by atoms with Gasteiger partial charge in [0.1, 0.15) is 0 Å². The van der Waals surface area contributed by atoms with E-state index in [1.165, 1.54) is 14.2 Å². The molecular weight excluding hydrogens is 216 g/mol. The molecule has 0 rings (SSSR count). The van der Waals surface area contributed by atoms with Crippen LogP contribution in [0, 0.1) is 0 Å². The zero-order valence-electron chi connectivity index (χ0n) is 10.4. The first-order chi connectivity index (χ1) is 7.79. The minimum atomic E-state index is -0.583. The van der Waals surface area contributed by atoms with Crippen molar-refractivity contribution < 1.29 is 28.4 Å². The maximum Gasteiger partial charge on any atom is 0.209 e. The van der Waals surface area contributed by atoms with Crippen molar-refractivity contribution in [2.24, 2.45) is 0 Å². The highest BCUT2D eigenvalue weighted by molar-refractivity contribution is 4.50. The van der Waals surface area contributed by atoms with E-state index in [1.807, 2.05) is 0 Å². The van der Waals surface area contributed by atoms with Crippen LogP contribution in [-0.2, 0) is 28.4 Å². The highest BCUT2D eigenvalue weighted by Gasteiger charge is 2.22. The predicted molar refractivity (Wildman–Crippen MR) is 57.3 cm³/mol. The number of hydrogen-bond acceptors (Lipinski definition) is 6. The van der Waals surface area contributed by atoms with Gasteiger partial charge in [-0.3, -0.25) is 0 Å². The molecule has 0 aromatic carbocycles. The molecule has 0 saturated heterocycles. The lowest BCUT2D eigenvalue weighted by Gasteiger charge is -2.24. The van der Waals surface area contributed by atoms with Crippen molar-refractivity contribution in [2.75, 3.05) is 54.9 Å². The van der Waals surface area contributed by atoms with E-state index in [1.54, 1.807) is 14.2 Å². The van der Waals surface area contributed by atoms with Crippen LogP contribution in [-0.4, -0.2) is 67.4 Å². The Morgan fingerprint density at radius 1 is 0.625 bits per heavy atom. The van der Waals surface area contributed by atoms with Crippen molar-refractivity contribution in [1.29, 1.82) is 0 Å². The van der Waals surface area contributed by atoms with E-state index in [2.05, 4.69) is 0 Å². The lowest BCUT2D eigenvalue weighted by atomic mass is 10.5. The summed E-state index contributed by atoms with van der Waals surface area (Å²) in [7, 11) is 6.27. The molecule has 0 fully saturated rings. The van der Waals surface area contributed by atoms with Gasteiger partial charge in [-0.05, 0) is 0 Å². The molecule has 0 saturated carbocycles. The summed E-state index contributed by atoms with van der Waals surface area (Å²) in [6, 6.07) is 0. The summed E-state index contributed by atoms with van der Waals surface area (Å²) in [5.74, 6) is 0. The third-order valence-electron chi connectivity index (χ3n) is 1.83. The SMILES string of the molecule is COCCOC(OCCOC)C(OC)OC. The number of hydrogen-bond donors (Lipinski definition) is 0. The quantitative estimate of drug-likeness (QED) is 0.380. The standard InChI is InChI=1S/C10H22O6/c1-11-5-7-15-10(9(13-3)14-4)16-8-6-12-2/h9-10H,5-8H2,1-4H3. The first-order valence-corrected chi connectivity index (χ1v) is 5.06. The van der Waals surface area contributed by atoms with Crippen LogP contribution >= 0.6 is 0 Å². The molecule has 0 radical (unpaired) electrons. The summed E-state index contributed by atoms with van der Waals surface area (Å²) < 4.78 is 30.7.